The second-order valence-corrected chi connectivity index (χ2v) is 2.11. The van der Waals surface area contributed by atoms with Crippen molar-refractivity contribution in [2.75, 3.05) is 0 Å². The lowest BCUT2D eigenvalue weighted by Crippen LogP contribution is -1.75. The molecule has 2 N–H and O–H groups in total. The molecule has 0 aromatic carbocycles. The molecule has 5 heteroatoms. The van der Waals surface area contributed by atoms with Crippen LogP contribution < -0.4 is 0 Å². The monoisotopic (exact) mass is 136 g/mol. The summed E-state index contributed by atoms with van der Waals surface area (Å²) in [4.78, 5) is 15.9. The maximum absolute atomic E-state index is 9.76. The van der Waals surface area contributed by atoms with Crippen molar-refractivity contribution < 1.29 is 18.9 Å². The lowest BCUT2D eigenvalue weighted by Gasteiger charge is -1.96. The molecule has 0 heterocycles. The summed E-state index contributed by atoms with van der Waals surface area (Å²) in [6, 6.07) is 0. The van der Waals surface area contributed by atoms with Crippen molar-refractivity contribution in [2.24, 2.45) is 0 Å². The third-order valence-electron chi connectivity index (χ3n) is 0.273. The molecule has 0 aliphatic heterocycles. The zero-order valence-electron chi connectivity index (χ0n) is 3.94. The second-order valence-electron chi connectivity index (χ2n) is 0.918. The zero-order valence-corrected chi connectivity index (χ0v) is 4.84. The summed E-state index contributed by atoms with van der Waals surface area (Å²) >= 11 is 0. The van der Waals surface area contributed by atoms with Gasteiger partial charge in [-0.15, -0.1) is 0 Å². The van der Waals surface area contributed by atoms with E-state index in [0.717, 1.165) is 0 Å². The molecule has 0 unspecified atom stereocenters. The van der Waals surface area contributed by atoms with Gasteiger partial charge in [0, 0.05) is 0 Å². The predicted molar refractivity (Wildman–Crippen MR) is 26.8 cm³/mol. The molecule has 4 nitrogen and oxygen atoms in total. The molecule has 0 fully saturated rings. The van der Waals surface area contributed by atoms with Crippen molar-refractivity contribution in [3.05, 3.63) is 18.6 Å². The Morgan fingerprint density at radius 3 is 2.38 bits per heavy atom. The molecule has 0 radical (unpaired) electrons. The molecule has 0 rings (SSSR count). The van der Waals surface area contributed by atoms with E-state index in [0.29, 0.717) is 6.26 Å². The van der Waals surface area contributed by atoms with Gasteiger partial charge in [0.05, 0.1) is 0 Å². The molecular formula is C3H5O4P. The third-order valence-corrected chi connectivity index (χ3v) is 0.653. The predicted octanol–water partition coefficient (Wildman–Crippen LogP) is 0.394. The normalized spacial score (nSPS) is 9.75. The Bertz CT molecular complexity index is 151. The Labute approximate surface area is 46.3 Å². The average molecular weight is 136 g/mol. The molecule has 0 aliphatic rings. The SMILES string of the molecule is C=C=COP(=O)(O)O. The van der Waals surface area contributed by atoms with Crippen molar-refractivity contribution in [2.45, 2.75) is 0 Å². The van der Waals surface area contributed by atoms with Crippen molar-refractivity contribution in [3.63, 3.8) is 0 Å². The van der Waals surface area contributed by atoms with Gasteiger partial charge >= 0.3 is 7.82 Å². The maximum Gasteiger partial charge on any atom is 0.524 e. The van der Waals surface area contributed by atoms with Crippen molar-refractivity contribution in [1.82, 2.24) is 0 Å². The van der Waals surface area contributed by atoms with Crippen molar-refractivity contribution in [1.29, 1.82) is 0 Å². The van der Waals surface area contributed by atoms with Crippen LogP contribution in [0.2, 0.25) is 0 Å². The van der Waals surface area contributed by atoms with Gasteiger partial charge in [0.2, 0.25) is 0 Å². The minimum absolute atomic E-state index is 0.709. The van der Waals surface area contributed by atoms with Crippen LogP contribution in [0.15, 0.2) is 18.6 Å². The maximum atomic E-state index is 9.76. The third kappa shape index (κ3) is 5.47. The highest BCUT2D eigenvalue weighted by atomic mass is 31.2. The first-order valence-electron chi connectivity index (χ1n) is 1.64. The highest BCUT2D eigenvalue weighted by Gasteiger charge is 2.10. The van der Waals surface area contributed by atoms with E-state index in [2.05, 4.69) is 11.1 Å². The van der Waals surface area contributed by atoms with Crippen LogP contribution in [0, 0.1) is 0 Å². The van der Waals surface area contributed by atoms with Gasteiger partial charge in [0.1, 0.15) is 6.26 Å². The summed E-state index contributed by atoms with van der Waals surface area (Å²) in [5, 5.41) is 0. The van der Waals surface area contributed by atoms with Crippen LogP contribution in [0.1, 0.15) is 0 Å². The molecule has 0 saturated heterocycles. The number of hydrogen-bond donors (Lipinski definition) is 2. The van der Waals surface area contributed by atoms with Crippen molar-refractivity contribution >= 4 is 7.82 Å². The van der Waals surface area contributed by atoms with E-state index in [9.17, 15) is 4.57 Å². The standard InChI is InChI=1S/C3H5O4P/c1-2-3-7-8(4,5)6/h3H,1H2,(H2,4,5,6). The molecule has 0 saturated carbocycles. The van der Waals surface area contributed by atoms with Crippen LogP contribution in [-0.2, 0) is 9.09 Å². The lowest BCUT2D eigenvalue weighted by molar-refractivity contribution is 0.259. The van der Waals surface area contributed by atoms with Gasteiger partial charge in [-0.3, -0.25) is 9.79 Å². The molecule has 0 amide bonds. The van der Waals surface area contributed by atoms with Crippen LogP contribution in [0.3, 0.4) is 0 Å². The van der Waals surface area contributed by atoms with E-state index in [1.54, 1.807) is 0 Å². The van der Waals surface area contributed by atoms with E-state index < -0.39 is 7.82 Å². The Kier molecular flexibility index (Phi) is 2.52. The van der Waals surface area contributed by atoms with E-state index in [1.807, 2.05) is 5.73 Å². The summed E-state index contributed by atoms with van der Waals surface area (Å²) in [6.45, 7) is 3.01. The Morgan fingerprint density at radius 2 is 2.25 bits per heavy atom. The molecule has 0 aliphatic carbocycles. The van der Waals surface area contributed by atoms with Gasteiger partial charge in [-0.05, 0) is 0 Å². The first-order valence-corrected chi connectivity index (χ1v) is 3.17. The Balaban J connectivity index is 3.74. The van der Waals surface area contributed by atoms with Gasteiger partial charge < -0.3 is 4.52 Å². The second kappa shape index (κ2) is 2.70. The summed E-state index contributed by atoms with van der Waals surface area (Å²) in [5.41, 5.74) is 2.03. The topological polar surface area (TPSA) is 66.8 Å². The van der Waals surface area contributed by atoms with E-state index in [1.165, 1.54) is 0 Å². The lowest BCUT2D eigenvalue weighted by atomic mass is 11.0. The smallest absolute Gasteiger partial charge is 0.404 e. The quantitative estimate of drug-likeness (QED) is 0.327. The molecule has 0 atom stereocenters. The van der Waals surface area contributed by atoms with Crippen LogP contribution in [0.4, 0.5) is 0 Å². The highest BCUT2D eigenvalue weighted by Crippen LogP contribution is 2.35. The molecule has 0 aromatic rings. The zero-order chi connectivity index (χ0) is 6.62. The summed E-state index contributed by atoms with van der Waals surface area (Å²) in [7, 11) is -4.34. The first-order chi connectivity index (χ1) is 3.56. The fraction of sp³-hybridized carbons (Fsp3) is 0. The summed E-state index contributed by atoms with van der Waals surface area (Å²) in [6.07, 6.45) is 0.709. The Morgan fingerprint density at radius 1 is 1.75 bits per heavy atom. The molecule has 0 aromatic heterocycles. The first kappa shape index (κ1) is 7.47. The van der Waals surface area contributed by atoms with Gasteiger partial charge in [0.25, 0.3) is 0 Å². The molecular weight excluding hydrogens is 131 g/mol. The summed E-state index contributed by atoms with van der Waals surface area (Å²) < 4.78 is 13.5. The van der Waals surface area contributed by atoms with Gasteiger partial charge in [-0.2, -0.15) is 0 Å². The van der Waals surface area contributed by atoms with Gasteiger partial charge in [-0.25, -0.2) is 4.57 Å². The van der Waals surface area contributed by atoms with Crippen LogP contribution in [0.25, 0.3) is 0 Å². The fourth-order valence-electron chi connectivity index (χ4n) is 0.106. The van der Waals surface area contributed by atoms with Crippen LogP contribution in [0.5, 0.6) is 0 Å². The summed E-state index contributed by atoms with van der Waals surface area (Å²) in [5.74, 6) is 0. The van der Waals surface area contributed by atoms with Gasteiger partial charge in [0.15, 0.2) is 0 Å². The number of phosphoric acid groups is 1. The van der Waals surface area contributed by atoms with Crippen LogP contribution >= 0.6 is 7.82 Å². The molecule has 0 bridgehead atoms. The number of rotatable bonds is 2. The van der Waals surface area contributed by atoms with Crippen LogP contribution in [-0.4, -0.2) is 9.79 Å². The van der Waals surface area contributed by atoms with E-state index in [4.69, 9.17) is 9.79 Å². The van der Waals surface area contributed by atoms with Gasteiger partial charge in [-0.1, -0.05) is 12.3 Å². The average Bonchev–Trinajstić information content (AvgIpc) is 1.59. The van der Waals surface area contributed by atoms with E-state index in [-0.39, 0.29) is 0 Å². The minimum Gasteiger partial charge on any atom is -0.404 e. The molecule has 8 heavy (non-hydrogen) atoms. The Hall–Kier alpha value is -0.530. The number of hydrogen-bond acceptors (Lipinski definition) is 2. The molecule has 0 spiro atoms. The number of phosphoric ester groups is 1. The largest absolute Gasteiger partial charge is 0.524 e. The van der Waals surface area contributed by atoms with Crippen molar-refractivity contribution in [3.8, 4) is 0 Å². The highest BCUT2D eigenvalue weighted by molar-refractivity contribution is 7.46. The van der Waals surface area contributed by atoms with E-state index >= 15 is 0 Å². The molecule has 46 valence electrons. The fourth-order valence-corrected chi connectivity index (χ4v) is 0.318. The minimum atomic E-state index is -4.34.